The van der Waals surface area contributed by atoms with E-state index in [0.29, 0.717) is 6.54 Å². The van der Waals surface area contributed by atoms with Crippen molar-refractivity contribution in [1.29, 1.82) is 0 Å². The number of benzene rings is 1. The molecule has 2 heterocycles. The van der Waals surface area contributed by atoms with E-state index in [1.165, 1.54) is 0 Å². The fraction of sp³-hybridized carbons (Fsp3) is 0.182. The van der Waals surface area contributed by atoms with Gasteiger partial charge in [0.2, 0.25) is 0 Å². The van der Waals surface area contributed by atoms with Gasteiger partial charge in [-0.25, -0.2) is 4.98 Å². The van der Waals surface area contributed by atoms with E-state index in [9.17, 15) is 4.79 Å². The van der Waals surface area contributed by atoms with E-state index in [1.54, 1.807) is 12.3 Å². The van der Waals surface area contributed by atoms with Gasteiger partial charge in [-0.2, -0.15) is 0 Å². The van der Waals surface area contributed by atoms with Gasteiger partial charge in [0.1, 0.15) is 5.76 Å². The molecular formula is C22H20N2O2. The molecule has 4 nitrogen and oxygen atoms in total. The van der Waals surface area contributed by atoms with E-state index in [0.717, 1.165) is 58.3 Å². The number of nitrogens with one attached hydrogen (secondary N) is 1. The zero-order chi connectivity index (χ0) is 17.9. The van der Waals surface area contributed by atoms with Crippen molar-refractivity contribution in [2.45, 2.75) is 19.3 Å². The smallest absolute Gasteiger partial charge is 0.252 e. The Kier molecular flexibility index (Phi) is 4.40. The largest absolute Gasteiger partial charge is 0.465 e. The van der Waals surface area contributed by atoms with Crippen LogP contribution in [0.5, 0.6) is 0 Å². The molecule has 2 aromatic heterocycles. The standard InChI is InChI=1S/C22H20N2O2/c1-2-12-23-22(25)20-17-9-3-4-11-19(17)24-21-15(7-5-10-18(20)21)14-16-8-6-13-26-16/h2-4,6,8-9,11,13-14H,1,5,7,10,12H2,(H,23,25). The minimum atomic E-state index is -0.0704. The monoisotopic (exact) mass is 344 g/mol. The Hall–Kier alpha value is -3.14. The van der Waals surface area contributed by atoms with Crippen molar-refractivity contribution in [2.75, 3.05) is 6.54 Å². The van der Waals surface area contributed by atoms with Crippen LogP contribution in [0.1, 0.15) is 40.2 Å². The highest BCUT2D eigenvalue weighted by atomic mass is 16.3. The highest BCUT2D eigenvalue weighted by molar-refractivity contribution is 6.09. The molecule has 0 unspecified atom stereocenters. The Labute approximate surface area is 152 Å². The fourth-order valence-corrected chi connectivity index (χ4v) is 3.53. The number of allylic oxidation sites excluding steroid dienone is 1. The number of pyridine rings is 1. The molecule has 130 valence electrons. The molecular weight excluding hydrogens is 324 g/mol. The molecule has 0 aliphatic heterocycles. The summed E-state index contributed by atoms with van der Waals surface area (Å²) in [6.45, 7) is 4.13. The maximum atomic E-state index is 12.9. The van der Waals surface area contributed by atoms with E-state index in [1.807, 2.05) is 42.5 Å². The highest BCUT2D eigenvalue weighted by Crippen LogP contribution is 2.36. The first kappa shape index (κ1) is 16.3. The minimum absolute atomic E-state index is 0.0704. The average Bonchev–Trinajstić information content (AvgIpc) is 3.18. The lowest BCUT2D eigenvalue weighted by molar-refractivity contribution is 0.0958. The highest BCUT2D eigenvalue weighted by Gasteiger charge is 2.25. The van der Waals surface area contributed by atoms with Crippen molar-refractivity contribution in [3.63, 3.8) is 0 Å². The van der Waals surface area contributed by atoms with Gasteiger partial charge in [0.05, 0.1) is 23.0 Å². The Morgan fingerprint density at radius 3 is 2.92 bits per heavy atom. The van der Waals surface area contributed by atoms with Gasteiger partial charge in [-0.05, 0) is 54.7 Å². The molecule has 26 heavy (non-hydrogen) atoms. The lowest BCUT2D eigenvalue weighted by atomic mass is 9.86. The Morgan fingerprint density at radius 2 is 2.12 bits per heavy atom. The summed E-state index contributed by atoms with van der Waals surface area (Å²) in [4.78, 5) is 17.8. The van der Waals surface area contributed by atoms with Gasteiger partial charge in [0, 0.05) is 11.9 Å². The molecule has 1 N–H and O–H groups in total. The molecule has 0 saturated heterocycles. The van der Waals surface area contributed by atoms with Crippen molar-refractivity contribution in [1.82, 2.24) is 10.3 Å². The van der Waals surface area contributed by atoms with Crippen LogP contribution in [0.4, 0.5) is 0 Å². The summed E-state index contributed by atoms with van der Waals surface area (Å²) in [5, 5.41) is 3.82. The third kappa shape index (κ3) is 2.94. The number of hydrogen-bond donors (Lipinski definition) is 1. The average molecular weight is 344 g/mol. The number of carbonyl (C=O) groups excluding carboxylic acids is 1. The molecule has 0 radical (unpaired) electrons. The van der Waals surface area contributed by atoms with Crippen molar-refractivity contribution in [3.8, 4) is 0 Å². The number of carbonyl (C=O) groups is 1. The van der Waals surface area contributed by atoms with Gasteiger partial charge in [0.25, 0.3) is 5.91 Å². The second-order valence-electron chi connectivity index (χ2n) is 6.37. The van der Waals surface area contributed by atoms with Gasteiger partial charge in [-0.15, -0.1) is 6.58 Å². The summed E-state index contributed by atoms with van der Waals surface area (Å²) < 4.78 is 5.48. The second-order valence-corrected chi connectivity index (χ2v) is 6.37. The molecule has 1 aliphatic rings. The maximum Gasteiger partial charge on any atom is 0.252 e. The summed E-state index contributed by atoms with van der Waals surface area (Å²) in [5.41, 5.74) is 4.62. The van der Waals surface area contributed by atoms with Crippen molar-refractivity contribution < 1.29 is 9.21 Å². The predicted molar refractivity (Wildman–Crippen MR) is 104 cm³/mol. The summed E-state index contributed by atoms with van der Waals surface area (Å²) in [6, 6.07) is 11.6. The Morgan fingerprint density at radius 1 is 1.23 bits per heavy atom. The lowest BCUT2D eigenvalue weighted by Crippen LogP contribution is -2.26. The van der Waals surface area contributed by atoms with E-state index in [-0.39, 0.29) is 5.91 Å². The van der Waals surface area contributed by atoms with Gasteiger partial charge in [-0.1, -0.05) is 24.3 Å². The Balaban J connectivity index is 1.92. The number of hydrogen-bond acceptors (Lipinski definition) is 3. The molecule has 1 aliphatic carbocycles. The normalized spacial score (nSPS) is 15.0. The molecule has 0 atom stereocenters. The number of para-hydroxylation sites is 1. The molecule has 0 spiro atoms. The van der Waals surface area contributed by atoms with Gasteiger partial charge < -0.3 is 9.73 Å². The molecule has 4 rings (SSSR count). The minimum Gasteiger partial charge on any atom is -0.465 e. The first-order valence-corrected chi connectivity index (χ1v) is 8.83. The maximum absolute atomic E-state index is 12.9. The lowest BCUT2D eigenvalue weighted by Gasteiger charge is -2.22. The SMILES string of the molecule is C=CCNC(=O)c1c2c(nc3ccccc13)C(=Cc1ccco1)CCC2. The number of nitrogens with zero attached hydrogens (tertiary/aromatic N) is 1. The summed E-state index contributed by atoms with van der Waals surface area (Å²) in [6.07, 6.45) is 8.15. The van der Waals surface area contributed by atoms with E-state index >= 15 is 0 Å². The van der Waals surface area contributed by atoms with Crippen LogP contribution in [0.2, 0.25) is 0 Å². The number of rotatable bonds is 4. The van der Waals surface area contributed by atoms with Crippen molar-refractivity contribution >= 4 is 28.5 Å². The van der Waals surface area contributed by atoms with Crippen LogP contribution >= 0.6 is 0 Å². The number of aromatic nitrogens is 1. The quantitative estimate of drug-likeness (QED) is 0.703. The number of amides is 1. The zero-order valence-corrected chi connectivity index (χ0v) is 14.5. The van der Waals surface area contributed by atoms with Gasteiger partial charge in [-0.3, -0.25) is 4.79 Å². The van der Waals surface area contributed by atoms with Crippen molar-refractivity contribution in [2.24, 2.45) is 0 Å². The molecule has 1 aromatic carbocycles. The third-order valence-corrected chi connectivity index (χ3v) is 4.66. The fourth-order valence-electron chi connectivity index (χ4n) is 3.53. The third-order valence-electron chi connectivity index (χ3n) is 4.66. The van der Waals surface area contributed by atoms with E-state index in [2.05, 4.69) is 11.9 Å². The number of fused-ring (bicyclic) bond motifs is 2. The molecule has 1 amide bonds. The topological polar surface area (TPSA) is 55.1 Å². The van der Waals surface area contributed by atoms with Crippen LogP contribution in [0.25, 0.3) is 22.6 Å². The van der Waals surface area contributed by atoms with Crippen molar-refractivity contribution in [3.05, 3.63) is 77.9 Å². The molecule has 0 saturated carbocycles. The Bertz CT molecular complexity index is 1000. The molecule has 4 heteroatoms. The first-order chi connectivity index (χ1) is 12.8. The predicted octanol–water partition coefficient (Wildman–Crippen LogP) is 4.62. The second kappa shape index (κ2) is 7.00. The van der Waals surface area contributed by atoms with E-state index < -0.39 is 0 Å². The summed E-state index contributed by atoms with van der Waals surface area (Å²) in [7, 11) is 0. The van der Waals surface area contributed by atoms with Crippen LogP contribution in [0.3, 0.4) is 0 Å². The first-order valence-electron chi connectivity index (χ1n) is 8.83. The van der Waals surface area contributed by atoms with Crippen LogP contribution < -0.4 is 5.32 Å². The van der Waals surface area contributed by atoms with Gasteiger partial charge in [0.15, 0.2) is 0 Å². The molecule has 0 fully saturated rings. The molecule has 0 bridgehead atoms. The zero-order valence-electron chi connectivity index (χ0n) is 14.5. The summed E-state index contributed by atoms with van der Waals surface area (Å²) >= 11 is 0. The van der Waals surface area contributed by atoms with Crippen LogP contribution in [-0.4, -0.2) is 17.4 Å². The summed E-state index contributed by atoms with van der Waals surface area (Å²) in [5.74, 6) is 0.736. The van der Waals surface area contributed by atoms with Gasteiger partial charge >= 0.3 is 0 Å². The van der Waals surface area contributed by atoms with Crippen LogP contribution in [0, 0.1) is 0 Å². The van der Waals surface area contributed by atoms with Crippen LogP contribution in [-0.2, 0) is 6.42 Å². The van der Waals surface area contributed by atoms with Crippen LogP contribution in [0.15, 0.2) is 59.7 Å². The molecule has 3 aromatic rings. The number of furan rings is 1. The van der Waals surface area contributed by atoms with E-state index in [4.69, 9.17) is 9.40 Å².